The van der Waals surface area contributed by atoms with E-state index in [1.54, 1.807) is 12.1 Å². The quantitative estimate of drug-likeness (QED) is 0.706. The molecule has 0 bridgehead atoms. The minimum atomic E-state index is -0.289. The zero-order chi connectivity index (χ0) is 21.2. The van der Waals surface area contributed by atoms with E-state index in [-0.39, 0.29) is 29.5 Å². The Morgan fingerprint density at radius 1 is 1.24 bits per heavy atom. The molecule has 160 valence electrons. The first-order chi connectivity index (χ1) is 13.8. The number of hydrogen-bond acceptors (Lipinski definition) is 3. The number of carbonyl (C=O) groups excluding carboxylic acids is 1. The number of rotatable bonds is 5. The van der Waals surface area contributed by atoms with Crippen LogP contribution in [0.2, 0.25) is 0 Å². The number of piperidine rings is 1. The Labute approximate surface area is 179 Å². The maximum atomic E-state index is 13.2. The molecule has 1 amide bonds. The molecule has 0 aromatic heterocycles. The number of halogens is 1. The Balaban J connectivity index is 1.69. The van der Waals surface area contributed by atoms with Crippen molar-refractivity contribution in [1.29, 1.82) is 0 Å². The molecule has 1 aromatic rings. The molecule has 2 N–H and O–H groups in total. The molecule has 2 fully saturated rings. The SMILES string of the molecule is CCC(C)C1NC2(CCN(C(=S)Nc3ccc(F)cc3)CC2)N(C(C)CC)C1=O. The van der Waals surface area contributed by atoms with E-state index < -0.39 is 0 Å². The number of hydrogen-bond donors (Lipinski definition) is 2. The molecule has 29 heavy (non-hydrogen) atoms. The number of nitrogens with zero attached hydrogens (tertiary/aromatic N) is 2. The first kappa shape index (κ1) is 22.0. The second kappa shape index (κ2) is 8.96. The van der Waals surface area contributed by atoms with Crippen LogP contribution in [0.5, 0.6) is 0 Å². The lowest BCUT2D eigenvalue weighted by Gasteiger charge is -2.47. The van der Waals surface area contributed by atoms with Gasteiger partial charge in [0.2, 0.25) is 5.91 Å². The van der Waals surface area contributed by atoms with Gasteiger partial charge in [0.1, 0.15) is 5.82 Å². The third kappa shape index (κ3) is 4.40. The van der Waals surface area contributed by atoms with Gasteiger partial charge in [-0.2, -0.15) is 0 Å². The third-order valence-corrected chi connectivity index (χ3v) is 6.97. The zero-order valence-corrected chi connectivity index (χ0v) is 18.7. The molecule has 3 rings (SSSR count). The van der Waals surface area contributed by atoms with Crippen LogP contribution in [0.3, 0.4) is 0 Å². The van der Waals surface area contributed by atoms with Gasteiger partial charge < -0.3 is 15.1 Å². The molecule has 2 heterocycles. The second-order valence-corrected chi connectivity index (χ2v) is 8.82. The molecule has 5 nitrogen and oxygen atoms in total. The average molecular weight is 421 g/mol. The largest absolute Gasteiger partial charge is 0.349 e. The van der Waals surface area contributed by atoms with Crippen molar-refractivity contribution in [1.82, 2.24) is 15.1 Å². The fourth-order valence-electron chi connectivity index (χ4n) is 4.43. The Morgan fingerprint density at radius 3 is 2.41 bits per heavy atom. The lowest BCUT2D eigenvalue weighted by Crippen LogP contribution is -2.61. The van der Waals surface area contributed by atoms with Gasteiger partial charge in [-0.3, -0.25) is 10.1 Å². The summed E-state index contributed by atoms with van der Waals surface area (Å²) in [6.07, 6.45) is 3.59. The van der Waals surface area contributed by atoms with Gasteiger partial charge in [-0.1, -0.05) is 27.2 Å². The topological polar surface area (TPSA) is 47.6 Å². The van der Waals surface area contributed by atoms with Gasteiger partial charge in [0.05, 0.1) is 11.7 Å². The molecule has 2 aliphatic heterocycles. The fourth-order valence-corrected chi connectivity index (χ4v) is 4.73. The first-order valence-electron chi connectivity index (χ1n) is 10.7. The van der Waals surface area contributed by atoms with Gasteiger partial charge in [-0.25, -0.2) is 4.39 Å². The number of likely N-dealkylation sites (tertiary alicyclic amines) is 1. The molecule has 0 saturated carbocycles. The Morgan fingerprint density at radius 2 is 1.86 bits per heavy atom. The lowest BCUT2D eigenvalue weighted by atomic mass is 9.94. The molecule has 7 heteroatoms. The molecule has 0 radical (unpaired) electrons. The van der Waals surface area contributed by atoms with E-state index in [2.05, 4.69) is 48.1 Å². The highest BCUT2D eigenvalue weighted by Crippen LogP contribution is 2.37. The summed E-state index contributed by atoms with van der Waals surface area (Å²) in [6.45, 7) is 10.1. The summed E-state index contributed by atoms with van der Waals surface area (Å²) in [5.41, 5.74) is 0.492. The van der Waals surface area contributed by atoms with E-state index in [4.69, 9.17) is 12.2 Å². The van der Waals surface area contributed by atoms with Crippen molar-refractivity contribution in [2.75, 3.05) is 18.4 Å². The van der Waals surface area contributed by atoms with E-state index in [0.29, 0.717) is 11.0 Å². The molecular formula is C22H33FN4OS. The summed E-state index contributed by atoms with van der Waals surface area (Å²) in [5.74, 6) is 0.293. The van der Waals surface area contributed by atoms with Gasteiger partial charge in [-0.15, -0.1) is 0 Å². The highest BCUT2D eigenvalue weighted by atomic mass is 32.1. The maximum Gasteiger partial charge on any atom is 0.241 e. The number of amides is 1. The smallest absolute Gasteiger partial charge is 0.241 e. The van der Waals surface area contributed by atoms with Gasteiger partial charge in [0.15, 0.2) is 5.11 Å². The van der Waals surface area contributed by atoms with E-state index >= 15 is 0 Å². The molecule has 3 atom stereocenters. The van der Waals surface area contributed by atoms with Crippen molar-refractivity contribution in [3.8, 4) is 0 Å². The predicted octanol–water partition coefficient (Wildman–Crippen LogP) is 3.96. The number of carbonyl (C=O) groups is 1. The monoisotopic (exact) mass is 420 g/mol. The molecule has 1 spiro atoms. The Hall–Kier alpha value is -1.73. The standard InChI is InChI=1S/C22H33FN4OS/c1-5-15(3)19-20(28)27(16(4)6-2)22(25-19)11-13-26(14-12-22)21(29)24-18-9-7-17(23)8-10-18/h7-10,15-16,19,25H,5-6,11-14H2,1-4H3,(H,24,29). The van der Waals surface area contributed by atoms with Crippen LogP contribution in [0.25, 0.3) is 0 Å². The summed E-state index contributed by atoms with van der Waals surface area (Å²) in [7, 11) is 0. The van der Waals surface area contributed by atoms with E-state index in [9.17, 15) is 9.18 Å². The van der Waals surface area contributed by atoms with Crippen LogP contribution in [0.1, 0.15) is 53.4 Å². The van der Waals surface area contributed by atoms with Crippen LogP contribution in [0.15, 0.2) is 24.3 Å². The van der Waals surface area contributed by atoms with Crippen LogP contribution < -0.4 is 10.6 Å². The van der Waals surface area contributed by atoms with Gasteiger partial charge in [-0.05, 0) is 55.7 Å². The number of nitrogens with one attached hydrogen (secondary N) is 2. The van der Waals surface area contributed by atoms with Crippen molar-refractivity contribution >= 4 is 28.9 Å². The summed E-state index contributed by atoms with van der Waals surface area (Å²) >= 11 is 5.58. The Kier molecular flexibility index (Phi) is 6.79. The summed E-state index contributed by atoms with van der Waals surface area (Å²) in [4.78, 5) is 17.5. The van der Waals surface area contributed by atoms with E-state index in [1.165, 1.54) is 12.1 Å². The van der Waals surface area contributed by atoms with Crippen molar-refractivity contribution in [2.45, 2.75) is 71.1 Å². The van der Waals surface area contributed by atoms with Gasteiger partial charge in [0, 0.05) is 37.7 Å². The van der Waals surface area contributed by atoms with E-state index in [1.807, 2.05) is 0 Å². The normalized spacial score (nSPS) is 23.3. The van der Waals surface area contributed by atoms with Crippen LogP contribution in [-0.4, -0.2) is 51.7 Å². The zero-order valence-electron chi connectivity index (χ0n) is 17.9. The summed E-state index contributed by atoms with van der Waals surface area (Å²) in [6, 6.07) is 6.31. The molecule has 2 saturated heterocycles. The molecule has 1 aromatic carbocycles. The van der Waals surface area contributed by atoms with Gasteiger partial charge in [0.25, 0.3) is 0 Å². The minimum Gasteiger partial charge on any atom is -0.349 e. The highest BCUT2D eigenvalue weighted by molar-refractivity contribution is 7.80. The van der Waals surface area contributed by atoms with Crippen molar-refractivity contribution in [3.63, 3.8) is 0 Å². The predicted molar refractivity (Wildman–Crippen MR) is 119 cm³/mol. The van der Waals surface area contributed by atoms with Crippen LogP contribution in [0.4, 0.5) is 10.1 Å². The van der Waals surface area contributed by atoms with Gasteiger partial charge >= 0.3 is 0 Å². The highest BCUT2D eigenvalue weighted by Gasteiger charge is 2.53. The maximum absolute atomic E-state index is 13.2. The fraction of sp³-hybridized carbons (Fsp3) is 0.636. The number of benzene rings is 1. The minimum absolute atomic E-state index is 0.107. The molecule has 3 unspecified atom stereocenters. The van der Waals surface area contributed by atoms with Crippen LogP contribution in [-0.2, 0) is 4.79 Å². The first-order valence-corrected chi connectivity index (χ1v) is 11.1. The average Bonchev–Trinajstić information content (AvgIpc) is 3.00. The molecule has 0 aliphatic carbocycles. The van der Waals surface area contributed by atoms with Crippen LogP contribution >= 0.6 is 12.2 Å². The number of thiocarbonyl (C=S) groups is 1. The number of anilines is 1. The lowest BCUT2D eigenvalue weighted by molar-refractivity contribution is -0.136. The molecular weight excluding hydrogens is 387 g/mol. The summed E-state index contributed by atoms with van der Waals surface area (Å²) < 4.78 is 13.1. The van der Waals surface area contributed by atoms with Crippen molar-refractivity contribution in [2.24, 2.45) is 5.92 Å². The summed E-state index contributed by atoms with van der Waals surface area (Å²) in [5, 5.41) is 7.57. The molecule has 2 aliphatic rings. The van der Waals surface area contributed by atoms with Crippen LogP contribution in [0, 0.1) is 11.7 Å². The third-order valence-electron chi connectivity index (χ3n) is 6.61. The Bertz CT molecular complexity index is 733. The van der Waals surface area contributed by atoms with Crippen molar-refractivity contribution < 1.29 is 9.18 Å². The van der Waals surface area contributed by atoms with E-state index in [0.717, 1.165) is 44.5 Å². The van der Waals surface area contributed by atoms with Crippen molar-refractivity contribution in [3.05, 3.63) is 30.1 Å². The second-order valence-electron chi connectivity index (χ2n) is 8.43.